The average molecular weight is 367 g/mol. The first-order chi connectivity index (χ1) is 11.9. The predicted molar refractivity (Wildman–Crippen MR) is 84.0 cm³/mol. The van der Waals surface area contributed by atoms with Gasteiger partial charge in [0.15, 0.2) is 24.8 Å². The minimum absolute atomic E-state index is 0.1000. The van der Waals surface area contributed by atoms with Crippen LogP contribution in [-0.2, 0) is 12.7 Å². The first-order valence-electron chi connectivity index (χ1n) is 7.22. The van der Waals surface area contributed by atoms with Gasteiger partial charge in [-0.3, -0.25) is 5.01 Å². The van der Waals surface area contributed by atoms with E-state index >= 15 is 0 Å². The minimum Gasteiger partial charge on any atom is -0.264 e. The number of nitriles is 1. The van der Waals surface area contributed by atoms with E-state index in [1.54, 1.807) is 0 Å². The van der Waals surface area contributed by atoms with E-state index in [0.717, 1.165) is 6.07 Å². The van der Waals surface area contributed by atoms with Crippen LogP contribution in [-0.4, -0.2) is 11.0 Å². The zero-order valence-corrected chi connectivity index (χ0v) is 13.5. The maximum absolute atomic E-state index is 12.7. The third kappa shape index (κ3) is 3.73. The van der Waals surface area contributed by atoms with Crippen LogP contribution < -0.4 is 15.0 Å². The topological polar surface area (TPSA) is 55.8 Å². The fourth-order valence-corrected chi connectivity index (χ4v) is 2.66. The van der Waals surface area contributed by atoms with Gasteiger partial charge < -0.3 is 0 Å². The first kappa shape index (κ1) is 17.2. The van der Waals surface area contributed by atoms with E-state index in [4.69, 9.17) is 11.6 Å². The van der Waals surface area contributed by atoms with Crippen molar-refractivity contribution in [2.75, 3.05) is 5.01 Å². The maximum Gasteiger partial charge on any atom is 0.417 e. The highest BCUT2D eigenvalue weighted by Gasteiger charge is 2.33. The SMILES string of the molecule is N#CC1=CN(c2ncc(C(F)(F)F)cc2Cl)NC1C[n+]1ccccc1. The highest BCUT2D eigenvalue weighted by Crippen LogP contribution is 2.34. The number of hydrogen-bond donors (Lipinski definition) is 1. The molecule has 0 bridgehead atoms. The molecule has 3 rings (SSSR count). The molecular weight excluding hydrogens is 355 g/mol. The van der Waals surface area contributed by atoms with E-state index in [1.807, 2.05) is 35.2 Å². The molecule has 0 saturated heterocycles. The largest absolute Gasteiger partial charge is 0.417 e. The van der Waals surface area contributed by atoms with E-state index in [-0.39, 0.29) is 16.9 Å². The molecule has 1 aliphatic rings. The molecule has 1 atom stereocenters. The summed E-state index contributed by atoms with van der Waals surface area (Å²) in [6.07, 6.45) is 1.37. The van der Waals surface area contributed by atoms with E-state index in [9.17, 15) is 18.4 Å². The van der Waals surface area contributed by atoms with Crippen molar-refractivity contribution in [3.05, 3.63) is 65.2 Å². The lowest BCUT2D eigenvalue weighted by Crippen LogP contribution is -2.47. The Kier molecular flexibility index (Phi) is 4.61. The predicted octanol–water partition coefficient (Wildman–Crippen LogP) is 2.84. The number of anilines is 1. The van der Waals surface area contributed by atoms with Crippen molar-refractivity contribution in [2.45, 2.75) is 18.8 Å². The number of aromatic nitrogens is 2. The van der Waals surface area contributed by atoms with Crippen molar-refractivity contribution in [1.82, 2.24) is 10.4 Å². The zero-order valence-electron chi connectivity index (χ0n) is 12.7. The van der Waals surface area contributed by atoms with Gasteiger partial charge in [0.05, 0.1) is 22.2 Å². The van der Waals surface area contributed by atoms with Gasteiger partial charge in [-0.05, 0) is 6.07 Å². The van der Waals surface area contributed by atoms with Crippen molar-refractivity contribution < 1.29 is 17.7 Å². The lowest BCUT2D eigenvalue weighted by molar-refractivity contribution is -0.698. The average Bonchev–Trinajstić information content (AvgIpc) is 2.97. The Morgan fingerprint density at radius 1 is 1.32 bits per heavy atom. The van der Waals surface area contributed by atoms with Gasteiger partial charge in [-0.2, -0.15) is 18.4 Å². The summed E-state index contributed by atoms with van der Waals surface area (Å²) in [6, 6.07) is 8.13. The molecule has 1 N–H and O–H groups in total. The normalized spacial score (nSPS) is 17.3. The van der Waals surface area contributed by atoms with Gasteiger partial charge in [-0.15, -0.1) is 0 Å². The minimum atomic E-state index is -4.52. The maximum atomic E-state index is 12.7. The first-order valence-corrected chi connectivity index (χ1v) is 7.60. The van der Waals surface area contributed by atoms with Crippen molar-refractivity contribution in [3.63, 3.8) is 0 Å². The van der Waals surface area contributed by atoms with Crippen molar-refractivity contribution >= 4 is 17.4 Å². The van der Waals surface area contributed by atoms with Gasteiger partial charge in [-0.1, -0.05) is 17.7 Å². The second kappa shape index (κ2) is 6.70. The van der Waals surface area contributed by atoms with E-state index < -0.39 is 11.7 Å². The Morgan fingerprint density at radius 2 is 2.04 bits per heavy atom. The lowest BCUT2D eigenvalue weighted by Gasteiger charge is -2.19. The van der Waals surface area contributed by atoms with Crippen LogP contribution in [0.15, 0.2) is 54.6 Å². The molecule has 0 aliphatic carbocycles. The monoisotopic (exact) mass is 366 g/mol. The van der Waals surface area contributed by atoms with Crippen LogP contribution in [0, 0.1) is 11.3 Å². The molecule has 0 radical (unpaired) electrons. The second-order valence-electron chi connectivity index (χ2n) is 5.35. The summed E-state index contributed by atoms with van der Waals surface area (Å²) in [6.45, 7) is 0.467. The highest BCUT2D eigenvalue weighted by molar-refractivity contribution is 6.33. The Morgan fingerprint density at radius 3 is 2.64 bits per heavy atom. The molecular formula is C16H12ClF3N5+. The molecule has 0 spiro atoms. The molecule has 0 fully saturated rings. The number of hydrogen-bond acceptors (Lipinski definition) is 4. The molecule has 1 aliphatic heterocycles. The number of rotatable bonds is 3. The van der Waals surface area contributed by atoms with Crippen molar-refractivity contribution in [1.29, 1.82) is 5.26 Å². The molecule has 5 nitrogen and oxygen atoms in total. The third-order valence-corrected chi connectivity index (χ3v) is 3.89. The molecule has 25 heavy (non-hydrogen) atoms. The summed E-state index contributed by atoms with van der Waals surface area (Å²) >= 11 is 5.95. The molecule has 128 valence electrons. The highest BCUT2D eigenvalue weighted by atomic mass is 35.5. The zero-order chi connectivity index (χ0) is 18.0. The van der Waals surface area contributed by atoms with Gasteiger partial charge in [0, 0.05) is 24.5 Å². The standard InChI is InChI=1S/C16H12ClF3N5/c17-13-6-12(16(18,19)20)8-22-15(13)25-9-11(7-21)14(23-25)10-24-4-2-1-3-5-24/h1-6,8-9,14,23H,10H2/q+1. The molecule has 9 heteroatoms. The van der Waals surface area contributed by atoms with E-state index in [2.05, 4.69) is 16.5 Å². The van der Waals surface area contributed by atoms with Gasteiger partial charge in [0.1, 0.15) is 6.04 Å². The fourth-order valence-electron chi connectivity index (χ4n) is 2.40. The number of halogens is 4. The molecule has 2 aromatic rings. The van der Waals surface area contributed by atoms with Crippen LogP contribution in [0.5, 0.6) is 0 Å². The summed E-state index contributed by atoms with van der Waals surface area (Å²) < 4.78 is 40.0. The fraction of sp³-hybridized carbons (Fsp3) is 0.188. The van der Waals surface area contributed by atoms with Crippen molar-refractivity contribution in [2.24, 2.45) is 0 Å². The Balaban J connectivity index is 1.83. The Bertz CT molecular complexity index is 845. The second-order valence-corrected chi connectivity index (χ2v) is 5.75. The van der Waals surface area contributed by atoms with Gasteiger partial charge in [0.25, 0.3) is 0 Å². The van der Waals surface area contributed by atoms with Crippen LogP contribution in [0.3, 0.4) is 0 Å². The van der Waals surface area contributed by atoms with Crippen LogP contribution in [0.25, 0.3) is 0 Å². The number of nitrogens with one attached hydrogen (secondary N) is 1. The van der Waals surface area contributed by atoms with Crippen LogP contribution in [0.4, 0.5) is 19.0 Å². The van der Waals surface area contributed by atoms with Gasteiger partial charge >= 0.3 is 6.18 Å². The van der Waals surface area contributed by atoms with Crippen molar-refractivity contribution in [3.8, 4) is 6.07 Å². The van der Waals surface area contributed by atoms with Gasteiger partial charge in [0.2, 0.25) is 0 Å². The summed E-state index contributed by atoms with van der Waals surface area (Å²) in [5.41, 5.74) is 2.52. The molecule has 0 aromatic carbocycles. The summed E-state index contributed by atoms with van der Waals surface area (Å²) in [7, 11) is 0. The quantitative estimate of drug-likeness (QED) is 0.849. The van der Waals surface area contributed by atoms with Gasteiger partial charge in [-0.25, -0.2) is 15.0 Å². The molecule has 1 unspecified atom stereocenters. The number of nitrogens with zero attached hydrogens (tertiary/aromatic N) is 4. The summed E-state index contributed by atoms with van der Waals surface area (Å²) in [4.78, 5) is 3.79. The number of alkyl halides is 3. The Hall–Kier alpha value is -2.63. The van der Waals surface area contributed by atoms with Crippen LogP contribution in [0.1, 0.15) is 5.56 Å². The molecule has 3 heterocycles. The van der Waals surface area contributed by atoms with E-state index in [0.29, 0.717) is 18.3 Å². The van der Waals surface area contributed by atoms with E-state index in [1.165, 1.54) is 11.2 Å². The molecule has 2 aromatic heterocycles. The summed E-state index contributed by atoms with van der Waals surface area (Å²) in [5, 5.41) is 10.5. The third-order valence-electron chi connectivity index (χ3n) is 3.62. The number of pyridine rings is 2. The summed E-state index contributed by atoms with van der Waals surface area (Å²) in [5.74, 6) is 0.1000. The van der Waals surface area contributed by atoms with Crippen LogP contribution >= 0.6 is 11.6 Å². The lowest BCUT2D eigenvalue weighted by atomic mass is 10.1. The smallest absolute Gasteiger partial charge is 0.264 e. The molecule has 0 amide bonds. The number of hydrazine groups is 1. The molecule has 0 saturated carbocycles. The Labute approximate surface area is 146 Å². The van der Waals surface area contributed by atoms with Crippen LogP contribution in [0.2, 0.25) is 5.02 Å².